The SMILES string of the molecule is O=S(=O)(O)c1ccc(N=Nc2ccc(O)cc2O)cc1.[H-].[Na+]. The van der Waals surface area contributed by atoms with Crippen molar-refractivity contribution in [1.29, 1.82) is 0 Å². The summed E-state index contributed by atoms with van der Waals surface area (Å²) in [5, 5.41) is 26.2. The van der Waals surface area contributed by atoms with Crippen molar-refractivity contribution in [3.8, 4) is 11.5 Å². The Bertz CT molecular complexity index is 766. The molecule has 0 saturated heterocycles. The molecule has 0 saturated carbocycles. The number of benzene rings is 2. The van der Waals surface area contributed by atoms with Crippen molar-refractivity contribution in [1.82, 2.24) is 0 Å². The van der Waals surface area contributed by atoms with Crippen LogP contribution in [0.5, 0.6) is 11.5 Å². The van der Waals surface area contributed by atoms with Gasteiger partial charge in [0.1, 0.15) is 17.2 Å². The van der Waals surface area contributed by atoms with E-state index in [1.807, 2.05) is 0 Å². The van der Waals surface area contributed by atoms with Crippen molar-refractivity contribution in [2.75, 3.05) is 0 Å². The summed E-state index contributed by atoms with van der Waals surface area (Å²) in [6.45, 7) is 0. The topological polar surface area (TPSA) is 120 Å². The van der Waals surface area contributed by atoms with Crippen molar-refractivity contribution in [3.63, 3.8) is 0 Å². The summed E-state index contributed by atoms with van der Waals surface area (Å²) in [6.07, 6.45) is 0. The van der Waals surface area contributed by atoms with Crippen LogP contribution in [0.25, 0.3) is 0 Å². The van der Waals surface area contributed by atoms with E-state index in [0.29, 0.717) is 5.69 Å². The molecule has 106 valence electrons. The summed E-state index contributed by atoms with van der Waals surface area (Å²) in [5.74, 6) is -0.331. The first-order valence-corrected chi connectivity index (χ1v) is 6.81. The third-order valence-electron chi connectivity index (χ3n) is 2.37. The van der Waals surface area contributed by atoms with E-state index in [9.17, 15) is 13.5 Å². The number of nitrogens with zero attached hydrogens (tertiary/aromatic N) is 2. The van der Waals surface area contributed by atoms with Gasteiger partial charge in [0.25, 0.3) is 10.1 Å². The second-order valence-electron chi connectivity index (χ2n) is 3.84. The second kappa shape index (κ2) is 7.01. The van der Waals surface area contributed by atoms with Gasteiger partial charge in [-0.25, -0.2) is 0 Å². The molecule has 0 spiro atoms. The van der Waals surface area contributed by atoms with Crippen LogP contribution in [0.3, 0.4) is 0 Å². The number of hydrogen-bond donors (Lipinski definition) is 3. The Morgan fingerprint density at radius 3 is 2.10 bits per heavy atom. The molecule has 7 nitrogen and oxygen atoms in total. The third kappa shape index (κ3) is 4.80. The second-order valence-corrected chi connectivity index (χ2v) is 5.26. The van der Waals surface area contributed by atoms with Crippen molar-refractivity contribution in [2.24, 2.45) is 10.2 Å². The molecule has 3 N–H and O–H groups in total. The number of hydrogen-bond acceptors (Lipinski definition) is 6. The van der Waals surface area contributed by atoms with Crippen LogP contribution >= 0.6 is 0 Å². The Balaban J connectivity index is 0.00000220. The molecular weight excluding hydrogens is 307 g/mol. The van der Waals surface area contributed by atoms with Crippen LogP contribution < -0.4 is 29.6 Å². The molecule has 0 aromatic heterocycles. The van der Waals surface area contributed by atoms with E-state index in [4.69, 9.17) is 9.66 Å². The summed E-state index contributed by atoms with van der Waals surface area (Å²) < 4.78 is 30.5. The molecule has 0 fully saturated rings. The largest absolute Gasteiger partial charge is 1.00 e. The molecule has 0 amide bonds. The van der Waals surface area contributed by atoms with Crippen molar-refractivity contribution >= 4 is 21.5 Å². The molecule has 2 aromatic rings. The van der Waals surface area contributed by atoms with E-state index in [-0.39, 0.29) is 53.1 Å². The van der Waals surface area contributed by atoms with E-state index < -0.39 is 10.1 Å². The first kappa shape index (κ1) is 17.6. The van der Waals surface area contributed by atoms with Crippen molar-refractivity contribution in [2.45, 2.75) is 4.90 Å². The molecule has 0 unspecified atom stereocenters. The Morgan fingerprint density at radius 1 is 0.952 bits per heavy atom. The van der Waals surface area contributed by atoms with Gasteiger partial charge in [-0.1, -0.05) is 0 Å². The minimum Gasteiger partial charge on any atom is -1.00 e. The normalized spacial score (nSPS) is 11.3. The summed E-state index contributed by atoms with van der Waals surface area (Å²) >= 11 is 0. The van der Waals surface area contributed by atoms with Gasteiger partial charge in [-0.3, -0.25) is 4.55 Å². The van der Waals surface area contributed by atoms with Crippen LogP contribution in [0.15, 0.2) is 57.6 Å². The Kier molecular flexibility index (Phi) is 5.87. The fourth-order valence-corrected chi connectivity index (χ4v) is 1.87. The van der Waals surface area contributed by atoms with E-state index in [1.165, 1.54) is 36.4 Å². The average molecular weight is 318 g/mol. The van der Waals surface area contributed by atoms with Crippen LogP contribution in [0, 0.1) is 0 Å². The van der Waals surface area contributed by atoms with Gasteiger partial charge in [-0.15, -0.1) is 5.11 Å². The Hall–Kier alpha value is -1.45. The number of phenolic OH excluding ortho intramolecular Hbond substituents is 2. The quantitative estimate of drug-likeness (QED) is 0.414. The molecule has 21 heavy (non-hydrogen) atoms. The van der Waals surface area contributed by atoms with E-state index in [0.717, 1.165) is 6.07 Å². The zero-order valence-corrected chi connectivity index (χ0v) is 13.8. The molecule has 0 aliphatic rings. The van der Waals surface area contributed by atoms with E-state index in [2.05, 4.69) is 10.2 Å². The Morgan fingerprint density at radius 2 is 1.57 bits per heavy atom. The maximum atomic E-state index is 10.8. The molecule has 9 heteroatoms. The molecule has 2 rings (SSSR count). The minimum atomic E-state index is -4.24. The third-order valence-corrected chi connectivity index (χ3v) is 3.23. The first-order valence-electron chi connectivity index (χ1n) is 5.37. The van der Waals surface area contributed by atoms with Gasteiger partial charge in [0.05, 0.1) is 10.6 Å². The molecule has 0 aliphatic heterocycles. The van der Waals surface area contributed by atoms with Crippen molar-refractivity contribution in [3.05, 3.63) is 42.5 Å². The number of aromatic hydroxyl groups is 2. The number of rotatable bonds is 3. The van der Waals surface area contributed by atoms with Crippen LogP contribution in [0.1, 0.15) is 1.43 Å². The summed E-state index contributed by atoms with van der Waals surface area (Å²) in [5.41, 5.74) is 0.492. The van der Waals surface area contributed by atoms with Crippen LogP contribution in [0.4, 0.5) is 11.4 Å². The Labute approximate surface area is 144 Å². The van der Waals surface area contributed by atoms with Crippen molar-refractivity contribution < 1.29 is 54.2 Å². The minimum absolute atomic E-state index is 0. The van der Waals surface area contributed by atoms with Gasteiger partial charge in [0.15, 0.2) is 0 Å². The molecule has 0 atom stereocenters. The predicted molar refractivity (Wildman–Crippen MR) is 71.3 cm³/mol. The smallest absolute Gasteiger partial charge is 1.00 e. The van der Waals surface area contributed by atoms with Gasteiger partial charge < -0.3 is 11.6 Å². The first-order chi connectivity index (χ1) is 9.36. The van der Waals surface area contributed by atoms with Crippen LogP contribution in [0.2, 0.25) is 0 Å². The molecule has 0 aliphatic carbocycles. The van der Waals surface area contributed by atoms with Crippen LogP contribution in [-0.2, 0) is 10.1 Å². The molecule has 0 heterocycles. The molecule has 0 bridgehead atoms. The standard InChI is InChI=1S/C12H10N2O5S.Na.H/c15-9-3-6-11(12(16)7-9)14-13-8-1-4-10(5-2-8)20(17,18)19;;/h1-7,15-16H,(H,17,18,19);;/q;+1;-1. The van der Waals surface area contributed by atoms with E-state index >= 15 is 0 Å². The monoisotopic (exact) mass is 318 g/mol. The zero-order chi connectivity index (χ0) is 14.8. The fourth-order valence-electron chi connectivity index (χ4n) is 1.39. The number of phenols is 2. The van der Waals surface area contributed by atoms with Gasteiger partial charge in [-0.2, -0.15) is 13.5 Å². The molecular formula is C12H11N2NaO5S. The van der Waals surface area contributed by atoms with Gasteiger partial charge >= 0.3 is 29.6 Å². The summed E-state index contributed by atoms with van der Waals surface area (Å²) in [7, 11) is -4.24. The van der Waals surface area contributed by atoms with Gasteiger partial charge in [0, 0.05) is 6.07 Å². The van der Waals surface area contributed by atoms with Gasteiger partial charge in [0.2, 0.25) is 0 Å². The summed E-state index contributed by atoms with van der Waals surface area (Å²) in [6, 6.07) is 8.90. The zero-order valence-electron chi connectivity index (χ0n) is 12.0. The maximum absolute atomic E-state index is 10.8. The maximum Gasteiger partial charge on any atom is 1.00 e. The van der Waals surface area contributed by atoms with Gasteiger partial charge in [-0.05, 0) is 36.4 Å². The molecule has 0 radical (unpaired) electrons. The molecule has 2 aromatic carbocycles. The fraction of sp³-hybridized carbons (Fsp3) is 0. The average Bonchev–Trinajstić information content (AvgIpc) is 2.37. The summed E-state index contributed by atoms with van der Waals surface area (Å²) in [4.78, 5) is -0.246. The predicted octanol–water partition coefficient (Wildman–Crippen LogP) is -0.124. The van der Waals surface area contributed by atoms with Crippen LogP contribution in [-0.4, -0.2) is 23.2 Å². The number of azo groups is 1. The van der Waals surface area contributed by atoms with E-state index in [1.54, 1.807) is 0 Å².